The van der Waals surface area contributed by atoms with E-state index in [0.29, 0.717) is 60.0 Å². The lowest BCUT2D eigenvalue weighted by Gasteiger charge is -2.36. The van der Waals surface area contributed by atoms with Gasteiger partial charge in [-0.3, -0.25) is 4.90 Å². The summed E-state index contributed by atoms with van der Waals surface area (Å²) < 4.78 is 12.1. The maximum absolute atomic E-state index is 14.2. The summed E-state index contributed by atoms with van der Waals surface area (Å²) in [5, 5.41) is 25.0. The normalized spacial score (nSPS) is 18.3. The number of hydrogen-bond acceptors (Lipinski definition) is 8. The number of carbonyl (C=O) groups excluding carboxylic acids is 3. The predicted octanol–water partition coefficient (Wildman–Crippen LogP) is 6.72. The zero-order chi connectivity index (χ0) is 40.7. The lowest BCUT2D eigenvalue weighted by molar-refractivity contribution is -0.170. The van der Waals surface area contributed by atoms with Gasteiger partial charge >= 0.3 is 18.0 Å². The van der Waals surface area contributed by atoms with Gasteiger partial charge in [0.2, 0.25) is 11.2 Å². The van der Waals surface area contributed by atoms with Crippen molar-refractivity contribution in [3.8, 4) is 11.1 Å². The number of hydrogen-bond donors (Lipinski definition) is 2. The van der Waals surface area contributed by atoms with Crippen LogP contribution in [0.4, 0.5) is 4.79 Å². The molecule has 0 bridgehead atoms. The van der Waals surface area contributed by atoms with Crippen LogP contribution in [0.2, 0.25) is 0 Å². The fraction of sp³-hybridized carbons (Fsp3) is 0.312. The molecule has 0 aromatic heterocycles. The minimum Gasteiger partial charge on any atom is -0.460 e. The second-order valence-corrected chi connectivity index (χ2v) is 15.5. The van der Waals surface area contributed by atoms with Crippen molar-refractivity contribution in [3.05, 3.63) is 167 Å². The summed E-state index contributed by atoms with van der Waals surface area (Å²) in [6.07, 6.45) is 1.56. The van der Waals surface area contributed by atoms with Crippen LogP contribution in [0.25, 0.3) is 11.1 Å². The van der Waals surface area contributed by atoms with Crippen molar-refractivity contribution in [1.29, 1.82) is 0 Å². The summed E-state index contributed by atoms with van der Waals surface area (Å²) in [5.74, 6) is -1.60. The number of amides is 2. The van der Waals surface area contributed by atoms with E-state index < -0.39 is 29.2 Å². The highest BCUT2D eigenvalue weighted by atomic mass is 16.6. The number of carbonyl (C=O) groups is 3. The number of aliphatic hydroxyl groups is 2. The van der Waals surface area contributed by atoms with E-state index in [0.717, 1.165) is 19.6 Å². The molecule has 2 heterocycles. The minimum absolute atomic E-state index is 0.165. The third kappa shape index (κ3) is 8.69. The first-order chi connectivity index (χ1) is 28.0. The lowest BCUT2D eigenvalue weighted by atomic mass is 9.83. The smallest absolute Gasteiger partial charge is 0.348 e. The quantitative estimate of drug-likeness (QED) is 0.142. The van der Waals surface area contributed by atoms with E-state index in [9.17, 15) is 24.6 Å². The number of urea groups is 1. The van der Waals surface area contributed by atoms with Gasteiger partial charge in [0.05, 0.1) is 6.54 Å². The molecule has 2 aliphatic heterocycles. The molecule has 3 atom stereocenters. The molecule has 10 nitrogen and oxygen atoms in total. The van der Waals surface area contributed by atoms with Crippen molar-refractivity contribution >= 4 is 18.0 Å². The molecule has 58 heavy (non-hydrogen) atoms. The highest BCUT2D eigenvalue weighted by Crippen LogP contribution is 2.38. The zero-order valence-corrected chi connectivity index (χ0v) is 33.1. The fourth-order valence-electron chi connectivity index (χ4n) is 8.00. The van der Waals surface area contributed by atoms with E-state index in [2.05, 4.69) is 17.0 Å². The second kappa shape index (κ2) is 17.8. The molecule has 3 unspecified atom stereocenters. The van der Waals surface area contributed by atoms with E-state index >= 15 is 0 Å². The summed E-state index contributed by atoms with van der Waals surface area (Å²) in [6, 6.07) is 41.6. The summed E-state index contributed by atoms with van der Waals surface area (Å²) in [7, 11) is 3.36. The van der Waals surface area contributed by atoms with Crippen LogP contribution >= 0.6 is 0 Å². The van der Waals surface area contributed by atoms with Crippen molar-refractivity contribution in [2.24, 2.45) is 0 Å². The van der Waals surface area contributed by atoms with Gasteiger partial charge < -0.3 is 29.5 Å². The van der Waals surface area contributed by atoms with Crippen LogP contribution in [0.15, 0.2) is 140 Å². The Balaban J connectivity index is 1.15. The summed E-state index contributed by atoms with van der Waals surface area (Å²) >= 11 is 0. The Labute approximate surface area is 340 Å². The van der Waals surface area contributed by atoms with Gasteiger partial charge in [-0.15, -0.1) is 0 Å². The summed E-state index contributed by atoms with van der Waals surface area (Å²) in [5.41, 5.74) is -0.490. The van der Waals surface area contributed by atoms with E-state index in [1.165, 1.54) is 10.5 Å². The van der Waals surface area contributed by atoms with Crippen molar-refractivity contribution in [2.45, 2.75) is 55.6 Å². The molecule has 2 N–H and O–H groups in total. The SMILES string of the molecule is CN(C)C(=O)N1CCCC(OC(=O)C(O)(c2ccccc2)c2cccc(-c3cccc(C(O)(C(=O)OC4CCN(Cc5ccccc5)CC4)c4ccccc4)c3)c2)C1. The van der Waals surface area contributed by atoms with Crippen LogP contribution in [-0.4, -0.2) is 95.4 Å². The number of rotatable bonds is 11. The molecule has 2 amide bonds. The number of esters is 2. The topological polar surface area (TPSA) is 120 Å². The standard InChI is InChI=1S/C48H51N3O7/c1-49(2)46(54)51-28-14-25-43(34-51)58-45(53)48(56,39-21-10-5-11-22-39)41-24-13-18-37(32-41)36-17-12-23-40(31-36)47(55,38-19-8-4-9-20-38)44(52)57-42-26-29-50(30-27-42)33-35-15-6-3-7-16-35/h3-13,15-24,31-32,42-43,55-56H,14,25-30,33-34H2,1-2H3. The zero-order valence-electron chi connectivity index (χ0n) is 33.1. The van der Waals surface area contributed by atoms with Gasteiger partial charge in [-0.05, 0) is 65.6 Å². The van der Waals surface area contributed by atoms with Gasteiger partial charge in [-0.2, -0.15) is 0 Å². The van der Waals surface area contributed by atoms with Gasteiger partial charge in [0.1, 0.15) is 12.2 Å². The Bertz CT molecular complexity index is 2180. The van der Waals surface area contributed by atoms with E-state index in [1.807, 2.05) is 36.4 Å². The van der Waals surface area contributed by atoms with Crippen LogP contribution in [0, 0.1) is 0 Å². The number of likely N-dealkylation sites (tertiary alicyclic amines) is 2. The average Bonchev–Trinajstić information content (AvgIpc) is 3.27. The molecule has 0 aliphatic carbocycles. The molecule has 5 aromatic carbocycles. The average molecular weight is 782 g/mol. The molecule has 0 spiro atoms. The van der Waals surface area contributed by atoms with Gasteiger partial charge in [0.15, 0.2) is 0 Å². The monoisotopic (exact) mass is 781 g/mol. The van der Waals surface area contributed by atoms with Crippen molar-refractivity contribution < 1.29 is 34.1 Å². The van der Waals surface area contributed by atoms with Crippen LogP contribution in [-0.2, 0) is 36.8 Å². The summed E-state index contributed by atoms with van der Waals surface area (Å²) in [6.45, 7) is 3.13. The molecule has 2 saturated heterocycles. The first-order valence-electron chi connectivity index (χ1n) is 20.0. The first kappa shape index (κ1) is 40.4. The van der Waals surface area contributed by atoms with Crippen molar-refractivity contribution in [1.82, 2.24) is 14.7 Å². The molecule has 10 heteroatoms. The van der Waals surface area contributed by atoms with Gasteiger partial charge in [-0.1, -0.05) is 127 Å². The number of piperidine rings is 2. The van der Waals surface area contributed by atoms with Crippen molar-refractivity contribution in [2.75, 3.05) is 40.3 Å². The molecular weight excluding hydrogens is 731 g/mol. The third-order valence-electron chi connectivity index (χ3n) is 11.2. The maximum Gasteiger partial charge on any atom is 0.348 e. The van der Waals surface area contributed by atoms with Crippen LogP contribution in [0.5, 0.6) is 0 Å². The van der Waals surface area contributed by atoms with Crippen LogP contribution in [0.3, 0.4) is 0 Å². The highest BCUT2D eigenvalue weighted by Gasteiger charge is 2.45. The maximum atomic E-state index is 14.2. The van der Waals surface area contributed by atoms with Gasteiger partial charge in [0.25, 0.3) is 0 Å². The summed E-state index contributed by atoms with van der Waals surface area (Å²) in [4.78, 5) is 46.6. The highest BCUT2D eigenvalue weighted by molar-refractivity contribution is 5.88. The predicted molar refractivity (Wildman–Crippen MR) is 221 cm³/mol. The molecule has 0 saturated carbocycles. The first-order valence-corrected chi connectivity index (χ1v) is 20.0. The van der Waals surface area contributed by atoms with Crippen LogP contribution < -0.4 is 0 Å². The molecule has 300 valence electrons. The Morgan fingerprint density at radius 3 is 1.57 bits per heavy atom. The molecule has 0 radical (unpaired) electrons. The Hall–Kier alpha value is -5.81. The van der Waals surface area contributed by atoms with Crippen LogP contribution in [0.1, 0.15) is 53.5 Å². The van der Waals surface area contributed by atoms with E-state index in [4.69, 9.17) is 9.47 Å². The Morgan fingerprint density at radius 2 is 1.07 bits per heavy atom. The van der Waals surface area contributed by atoms with E-state index in [-0.39, 0.29) is 24.2 Å². The van der Waals surface area contributed by atoms with Gasteiger partial charge in [-0.25, -0.2) is 14.4 Å². The molecule has 2 aliphatic rings. The minimum atomic E-state index is -2.19. The number of benzene rings is 5. The number of ether oxygens (including phenoxy) is 2. The second-order valence-electron chi connectivity index (χ2n) is 15.5. The fourth-order valence-corrected chi connectivity index (χ4v) is 8.00. The van der Waals surface area contributed by atoms with Crippen molar-refractivity contribution in [3.63, 3.8) is 0 Å². The largest absolute Gasteiger partial charge is 0.460 e. The molecule has 7 rings (SSSR count). The van der Waals surface area contributed by atoms with E-state index in [1.54, 1.807) is 110 Å². The Morgan fingerprint density at radius 1 is 0.603 bits per heavy atom. The van der Waals surface area contributed by atoms with Gasteiger partial charge in [0, 0.05) is 51.4 Å². The molecular formula is C48H51N3O7. The Kier molecular flexibility index (Phi) is 12.4. The molecule has 5 aromatic rings. The number of nitrogens with zero attached hydrogens (tertiary/aromatic N) is 3. The lowest BCUT2D eigenvalue weighted by Crippen LogP contribution is -2.49. The molecule has 2 fully saturated rings. The third-order valence-corrected chi connectivity index (χ3v) is 11.2.